The van der Waals surface area contributed by atoms with Crippen LogP contribution < -0.4 is 9.80 Å². The number of allylic oxidation sites excluding steroid dienone is 4. The van der Waals surface area contributed by atoms with Gasteiger partial charge in [-0.05, 0) is 126 Å². The minimum atomic E-state index is -0.398. The van der Waals surface area contributed by atoms with Gasteiger partial charge in [0.1, 0.15) is 12.0 Å². The summed E-state index contributed by atoms with van der Waals surface area (Å²) >= 11 is 0. The number of aromatic nitrogens is 2. The average Bonchev–Trinajstić information content (AvgIpc) is 4.00. The standard InChI is InChI=1S/C56H38N4/c1-7-19-45-37(13-1)38-14-2-8-20-46(38)55(45)49-23-11-5-17-41(49)43-27-25-35(31-51(43)55)59-29-30-60(54-53(59)33-57-34-58-54)36-26-28-44-42-18-6-12-24-50(42)56(52(44)32-36)47-21-9-3-15-39(47)40-16-4-10-22-48(40)56/h1,3-13,15-28,31-34H,2,14,29-30H2. The fraction of sp³-hybridized carbons (Fsp3) is 0.107. The van der Waals surface area contributed by atoms with Crippen molar-refractivity contribution in [2.75, 3.05) is 22.9 Å². The van der Waals surface area contributed by atoms with Crippen molar-refractivity contribution in [3.63, 3.8) is 0 Å². The van der Waals surface area contributed by atoms with Gasteiger partial charge in [-0.1, -0.05) is 146 Å². The first kappa shape index (κ1) is 32.6. The van der Waals surface area contributed by atoms with Crippen molar-refractivity contribution in [1.82, 2.24) is 9.97 Å². The second-order valence-electron chi connectivity index (χ2n) is 17.1. The maximum absolute atomic E-state index is 5.06. The summed E-state index contributed by atoms with van der Waals surface area (Å²) in [6.07, 6.45) is 10.7. The third kappa shape index (κ3) is 3.84. The maximum Gasteiger partial charge on any atom is 0.160 e. The Morgan fingerprint density at radius 2 is 0.917 bits per heavy atom. The van der Waals surface area contributed by atoms with Gasteiger partial charge in [-0.15, -0.1) is 0 Å². The fourth-order valence-electron chi connectivity index (χ4n) is 12.4. The SMILES string of the molecule is C1=CC2=C(CC1)c1ccccc1C21c2ccccc2-c2ccc(N3CCN(c4ccc5c(c4)C4(c6ccccc6-c6ccccc64)c4ccccc4-5)c4ncncc43)cc21. The molecule has 0 fully saturated rings. The normalized spacial score (nSPS) is 18.7. The van der Waals surface area contributed by atoms with E-state index in [9.17, 15) is 0 Å². The van der Waals surface area contributed by atoms with Crippen LogP contribution in [0.2, 0.25) is 0 Å². The molecule has 1 aliphatic heterocycles. The molecule has 0 bridgehead atoms. The van der Waals surface area contributed by atoms with Crippen LogP contribution in [-0.4, -0.2) is 23.1 Å². The maximum atomic E-state index is 5.06. The topological polar surface area (TPSA) is 32.3 Å². The van der Waals surface area contributed by atoms with Crippen LogP contribution in [0.3, 0.4) is 0 Å². The van der Waals surface area contributed by atoms with Crippen LogP contribution in [0, 0.1) is 0 Å². The van der Waals surface area contributed by atoms with Gasteiger partial charge in [-0.2, -0.15) is 0 Å². The van der Waals surface area contributed by atoms with Crippen LogP contribution in [0.5, 0.6) is 0 Å². The van der Waals surface area contributed by atoms with Gasteiger partial charge >= 0.3 is 0 Å². The van der Waals surface area contributed by atoms with E-state index >= 15 is 0 Å². The van der Waals surface area contributed by atoms with Crippen molar-refractivity contribution in [2.45, 2.75) is 23.7 Å². The Morgan fingerprint density at radius 3 is 1.52 bits per heavy atom. The lowest BCUT2D eigenvalue weighted by atomic mass is 9.69. The molecule has 4 heteroatoms. The first-order valence-corrected chi connectivity index (χ1v) is 21.3. The summed E-state index contributed by atoms with van der Waals surface area (Å²) in [7, 11) is 0. The van der Waals surface area contributed by atoms with Crippen LogP contribution in [-0.2, 0) is 10.8 Å². The average molecular weight is 767 g/mol. The van der Waals surface area contributed by atoms with E-state index < -0.39 is 5.41 Å². The molecule has 0 saturated carbocycles. The largest absolute Gasteiger partial charge is 0.335 e. The summed E-state index contributed by atoms with van der Waals surface area (Å²) in [6, 6.07) is 59.7. The summed E-state index contributed by atoms with van der Waals surface area (Å²) in [5, 5.41) is 0. The molecule has 7 aromatic carbocycles. The minimum Gasteiger partial charge on any atom is -0.335 e. The molecular weight excluding hydrogens is 729 g/mol. The molecule has 6 aliphatic rings. The highest BCUT2D eigenvalue weighted by molar-refractivity contribution is 5.98. The van der Waals surface area contributed by atoms with Crippen molar-refractivity contribution in [3.8, 4) is 33.4 Å². The predicted octanol–water partition coefficient (Wildman–Crippen LogP) is 12.5. The molecule has 4 nitrogen and oxygen atoms in total. The second kappa shape index (κ2) is 11.7. The van der Waals surface area contributed by atoms with E-state index in [0.29, 0.717) is 0 Å². The molecule has 0 saturated heterocycles. The minimum absolute atomic E-state index is 0.349. The summed E-state index contributed by atoms with van der Waals surface area (Å²) in [6.45, 7) is 1.57. The smallest absolute Gasteiger partial charge is 0.160 e. The number of hydrogen-bond donors (Lipinski definition) is 0. The lowest BCUT2D eigenvalue weighted by Crippen LogP contribution is -2.37. The van der Waals surface area contributed by atoms with Gasteiger partial charge < -0.3 is 9.80 Å². The molecule has 60 heavy (non-hydrogen) atoms. The van der Waals surface area contributed by atoms with E-state index in [1.54, 1.807) is 6.33 Å². The lowest BCUT2D eigenvalue weighted by Gasteiger charge is -2.39. The molecule has 1 aromatic heterocycles. The zero-order chi connectivity index (χ0) is 39.2. The third-order valence-corrected chi connectivity index (χ3v) is 14.6. The van der Waals surface area contributed by atoms with Crippen molar-refractivity contribution in [3.05, 3.63) is 232 Å². The molecule has 2 spiro atoms. The zero-order valence-corrected chi connectivity index (χ0v) is 32.9. The summed E-state index contributed by atoms with van der Waals surface area (Å²) in [5.74, 6) is 0.929. The van der Waals surface area contributed by atoms with Crippen molar-refractivity contribution < 1.29 is 0 Å². The highest BCUT2D eigenvalue weighted by Crippen LogP contribution is 2.65. The fourth-order valence-corrected chi connectivity index (χ4v) is 12.4. The Balaban J connectivity index is 0.918. The van der Waals surface area contributed by atoms with Gasteiger partial charge in [-0.3, -0.25) is 0 Å². The molecule has 1 atom stereocenters. The van der Waals surface area contributed by atoms with Crippen molar-refractivity contribution in [2.24, 2.45) is 0 Å². The van der Waals surface area contributed by atoms with Gasteiger partial charge in [0, 0.05) is 24.5 Å². The van der Waals surface area contributed by atoms with Gasteiger partial charge in [-0.25, -0.2) is 9.97 Å². The van der Waals surface area contributed by atoms with Crippen LogP contribution in [0.4, 0.5) is 22.9 Å². The number of fused-ring (bicyclic) bond motifs is 20. The molecule has 0 N–H and O–H groups in total. The first-order chi connectivity index (χ1) is 29.8. The first-order valence-electron chi connectivity index (χ1n) is 21.3. The molecule has 14 rings (SSSR count). The number of rotatable bonds is 2. The second-order valence-corrected chi connectivity index (χ2v) is 17.1. The Kier molecular flexibility index (Phi) is 6.35. The van der Waals surface area contributed by atoms with Crippen LogP contribution in [0.25, 0.3) is 39.0 Å². The quantitative estimate of drug-likeness (QED) is 0.175. The highest BCUT2D eigenvalue weighted by Gasteiger charge is 2.54. The summed E-state index contributed by atoms with van der Waals surface area (Å²) in [4.78, 5) is 14.6. The van der Waals surface area contributed by atoms with E-state index in [1.807, 2.05) is 6.20 Å². The van der Waals surface area contributed by atoms with E-state index in [1.165, 1.54) is 94.7 Å². The Bertz CT molecular complexity index is 3200. The number of hydrogen-bond acceptors (Lipinski definition) is 4. The summed E-state index contributed by atoms with van der Waals surface area (Å²) in [5.41, 5.74) is 24.4. The van der Waals surface area contributed by atoms with Gasteiger partial charge in [0.25, 0.3) is 0 Å². The molecular formula is C56H38N4. The number of benzene rings is 7. The molecule has 282 valence electrons. The van der Waals surface area contributed by atoms with Gasteiger partial charge in [0.05, 0.1) is 17.0 Å². The van der Waals surface area contributed by atoms with Crippen LogP contribution >= 0.6 is 0 Å². The Labute approximate surface area is 349 Å². The monoisotopic (exact) mass is 766 g/mol. The molecule has 1 unspecified atom stereocenters. The third-order valence-electron chi connectivity index (χ3n) is 14.6. The van der Waals surface area contributed by atoms with Gasteiger partial charge in [0.2, 0.25) is 0 Å². The molecule has 2 heterocycles. The molecule has 5 aliphatic carbocycles. The Hall–Kier alpha value is -7.30. The number of anilines is 4. The van der Waals surface area contributed by atoms with Gasteiger partial charge in [0.15, 0.2) is 5.82 Å². The van der Waals surface area contributed by atoms with E-state index in [4.69, 9.17) is 4.98 Å². The van der Waals surface area contributed by atoms with Crippen LogP contribution in [0.1, 0.15) is 57.3 Å². The molecule has 0 amide bonds. The van der Waals surface area contributed by atoms with E-state index in [2.05, 4.69) is 185 Å². The predicted molar refractivity (Wildman–Crippen MR) is 242 cm³/mol. The zero-order valence-electron chi connectivity index (χ0n) is 32.9. The van der Waals surface area contributed by atoms with Crippen LogP contribution in [0.15, 0.2) is 188 Å². The van der Waals surface area contributed by atoms with Crippen molar-refractivity contribution >= 4 is 28.5 Å². The Morgan fingerprint density at radius 1 is 0.450 bits per heavy atom. The lowest BCUT2D eigenvalue weighted by molar-refractivity contribution is 0.777. The summed E-state index contributed by atoms with van der Waals surface area (Å²) < 4.78 is 0. The number of nitrogens with zero attached hydrogens (tertiary/aromatic N) is 4. The van der Waals surface area contributed by atoms with Crippen molar-refractivity contribution in [1.29, 1.82) is 0 Å². The highest BCUT2D eigenvalue weighted by atomic mass is 15.3. The van der Waals surface area contributed by atoms with E-state index in [-0.39, 0.29) is 5.41 Å². The van der Waals surface area contributed by atoms with E-state index in [0.717, 1.165) is 43.1 Å². The molecule has 8 aromatic rings. The molecule has 0 radical (unpaired) electrons.